The van der Waals surface area contributed by atoms with Gasteiger partial charge in [-0.2, -0.15) is 0 Å². The van der Waals surface area contributed by atoms with E-state index in [0.717, 1.165) is 10.6 Å². The van der Waals surface area contributed by atoms with Crippen LogP contribution in [0.5, 0.6) is 5.75 Å². The van der Waals surface area contributed by atoms with E-state index in [4.69, 9.17) is 27.9 Å². The van der Waals surface area contributed by atoms with Crippen molar-refractivity contribution in [1.29, 1.82) is 0 Å². The number of halogens is 2. The van der Waals surface area contributed by atoms with Gasteiger partial charge in [-0.05, 0) is 19.2 Å². The first-order valence-electron chi connectivity index (χ1n) is 3.84. The van der Waals surface area contributed by atoms with E-state index in [0.29, 0.717) is 16.7 Å². The standard InChI is InChI=1S/C9H10Cl2OS/c1-3-12-8-4-6(10)7(11)5-9(8)13-2/h4-5H,3H2,1-2H3. The van der Waals surface area contributed by atoms with Gasteiger partial charge in [-0.25, -0.2) is 0 Å². The van der Waals surface area contributed by atoms with Crippen molar-refractivity contribution >= 4 is 35.0 Å². The van der Waals surface area contributed by atoms with E-state index >= 15 is 0 Å². The Hall–Kier alpha value is -0.0500. The highest BCUT2D eigenvalue weighted by Gasteiger charge is 2.07. The zero-order valence-corrected chi connectivity index (χ0v) is 9.76. The highest BCUT2D eigenvalue weighted by molar-refractivity contribution is 7.98. The summed E-state index contributed by atoms with van der Waals surface area (Å²) in [5.41, 5.74) is 0. The Bertz CT molecular complexity index is 302. The minimum absolute atomic E-state index is 0.530. The lowest BCUT2D eigenvalue weighted by molar-refractivity contribution is 0.332. The third-order valence-electron chi connectivity index (χ3n) is 1.51. The van der Waals surface area contributed by atoms with Crippen molar-refractivity contribution in [1.82, 2.24) is 0 Å². The summed E-state index contributed by atoms with van der Waals surface area (Å²) in [6.07, 6.45) is 1.97. The maximum atomic E-state index is 5.86. The van der Waals surface area contributed by atoms with Crippen molar-refractivity contribution in [3.63, 3.8) is 0 Å². The minimum Gasteiger partial charge on any atom is -0.493 e. The van der Waals surface area contributed by atoms with Gasteiger partial charge >= 0.3 is 0 Å². The average molecular weight is 237 g/mol. The fraction of sp³-hybridized carbons (Fsp3) is 0.333. The number of thioether (sulfide) groups is 1. The molecule has 0 N–H and O–H groups in total. The average Bonchev–Trinajstić information content (AvgIpc) is 2.11. The molecular weight excluding hydrogens is 227 g/mol. The van der Waals surface area contributed by atoms with Crippen LogP contribution in [0.15, 0.2) is 17.0 Å². The number of hydrogen-bond donors (Lipinski definition) is 0. The zero-order valence-electron chi connectivity index (χ0n) is 7.43. The van der Waals surface area contributed by atoms with Crippen LogP contribution in [0.25, 0.3) is 0 Å². The van der Waals surface area contributed by atoms with E-state index in [-0.39, 0.29) is 0 Å². The summed E-state index contributed by atoms with van der Waals surface area (Å²) in [5.74, 6) is 0.796. The summed E-state index contributed by atoms with van der Waals surface area (Å²) < 4.78 is 5.40. The molecule has 0 radical (unpaired) electrons. The summed E-state index contributed by atoms with van der Waals surface area (Å²) in [6.45, 7) is 2.57. The molecule has 0 spiro atoms. The quantitative estimate of drug-likeness (QED) is 0.731. The van der Waals surface area contributed by atoms with Crippen molar-refractivity contribution in [2.75, 3.05) is 12.9 Å². The summed E-state index contributed by atoms with van der Waals surface area (Å²) in [6, 6.07) is 3.57. The van der Waals surface area contributed by atoms with Crippen LogP contribution in [0.2, 0.25) is 10.0 Å². The molecule has 1 aromatic carbocycles. The molecule has 13 heavy (non-hydrogen) atoms. The molecule has 0 aliphatic carbocycles. The Morgan fingerprint density at radius 2 is 1.92 bits per heavy atom. The van der Waals surface area contributed by atoms with E-state index in [1.165, 1.54) is 0 Å². The van der Waals surface area contributed by atoms with E-state index in [1.807, 2.05) is 19.2 Å². The van der Waals surface area contributed by atoms with Crippen LogP contribution in [0, 0.1) is 0 Å². The van der Waals surface area contributed by atoms with Crippen molar-refractivity contribution < 1.29 is 4.74 Å². The van der Waals surface area contributed by atoms with Gasteiger partial charge < -0.3 is 4.74 Å². The smallest absolute Gasteiger partial charge is 0.134 e. The molecule has 0 bridgehead atoms. The molecule has 0 fully saturated rings. The maximum Gasteiger partial charge on any atom is 0.134 e. The normalized spacial score (nSPS) is 10.2. The molecular formula is C9H10Cl2OS. The molecule has 0 saturated heterocycles. The Morgan fingerprint density at radius 1 is 1.31 bits per heavy atom. The SMILES string of the molecule is CCOc1cc(Cl)c(Cl)cc1SC. The lowest BCUT2D eigenvalue weighted by atomic mass is 10.3. The Balaban J connectivity index is 3.09. The fourth-order valence-electron chi connectivity index (χ4n) is 0.938. The summed E-state index contributed by atoms with van der Waals surface area (Å²) in [4.78, 5) is 1.01. The van der Waals surface area contributed by atoms with Gasteiger partial charge in [0.15, 0.2) is 0 Å². The van der Waals surface area contributed by atoms with E-state index in [1.54, 1.807) is 17.8 Å². The molecule has 0 amide bonds. The molecule has 1 nitrogen and oxygen atoms in total. The summed E-state index contributed by atoms with van der Waals surface area (Å²) >= 11 is 13.3. The molecule has 0 aromatic heterocycles. The van der Waals surface area contributed by atoms with Gasteiger partial charge in [0, 0.05) is 6.07 Å². The van der Waals surface area contributed by atoms with Crippen molar-refractivity contribution in [2.45, 2.75) is 11.8 Å². The molecule has 4 heteroatoms. The highest BCUT2D eigenvalue weighted by atomic mass is 35.5. The van der Waals surface area contributed by atoms with E-state index in [9.17, 15) is 0 Å². The summed E-state index contributed by atoms with van der Waals surface area (Å²) in [7, 11) is 0. The van der Waals surface area contributed by atoms with Crippen LogP contribution < -0.4 is 4.74 Å². The predicted octanol–water partition coefficient (Wildman–Crippen LogP) is 4.11. The largest absolute Gasteiger partial charge is 0.493 e. The molecule has 0 atom stereocenters. The van der Waals surface area contributed by atoms with Gasteiger partial charge in [-0.3, -0.25) is 0 Å². The second-order valence-corrected chi connectivity index (χ2v) is 4.01. The van der Waals surface area contributed by atoms with Crippen LogP contribution in [-0.2, 0) is 0 Å². The first-order chi connectivity index (χ1) is 6.19. The molecule has 0 saturated carbocycles. The monoisotopic (exact) mass is 236 g/mol. The Labute approximate surface area is 92.4 Å². The van der Waals surface area contributed by atoms with Crippen LogP contribution >= 0.6 is 35.0 Å². The number of ether oxygens (including phenoxy) is 1. The Morgan fingerprint density at radius 3 is 2.46 bits per heavy atom. The van der Waals surface area contributed by atoms with Gasteiger partial charge in [0.05, 0.1) is 21.5 Å². The summed E-state index contributed by atoms with van der Waals surface area (Å²) in [5, 5.41) is 1.09. The van der Waals surface area contributed by atoms with Gasteiger partial charge in [0.2, 0.25) is 0 Å². The molecule has 0 aliphatic heterocycles. The lowest BCUT2D eigenvalue weighted by Crippen LogP contribution is -1.93. The second kappa shape index (κ2) is 4.99. The van der Waals surface area contributed by atoms with Gasteiger partial charge in [-0.15, -0.1) is 11.8 Å². The number of hydrogen-bond acceptors (Lipinski definition) is 2. The first kappa shape index (κ1) is 11.0. The topological polar surface area (TPSA) is 9.23 Å². The van der Waals surface area contributed by atoms with Crippen LogP contribution in [0.4, 0.5) is 0 Å². The maximum absolute atomic E-state index is 5.86. The predicted molar refractivity (Wildman–Crippen MR) is 59.4 cm³/mol. The van der Waals surface area contributed by atoms with E-state index < -0.39 is 0 Å². The third kappa shape index (κ3) is 2.70. The van der Waals surface area contributed by atoms with Crippen molar-refractivity contribution in [3.05, 3.63) is 22.2 Å². The highest BCUT2D eigenvalue weighted by Crippen LogP contribution is 2.35. The van der Waals surface area contributed by atoms with Crippen LogP contribution in [0.1, 0.15) is 6.92 Å². The van der Waals surface area contributed by atoms with E-state index in [2.05, 4.69) is 0 Å². The zero-order chi connectivity index (χ0) is 9.84. The fourth-order valence-corrected chi connectivity index (χ4v) is 1.87. The molecule has 1 rings (SSSR count). The molecule has 72 valence electrons. The molecule has 0 aliphatic rings. The second-order valence-electron chi connectivity index (χ2n) is 2.35. The number of rotatable bonds is 3. The van der Waals surface area contributed by atoms with Gasteiger partial charge in [-0.1, -0.05) is 23.2 Å². The third-order valence-corrected chi connectivity index (χ3v) is 2.99. The van der Waals surface area contributed by atoms with Crippen molar-refractivity contribution in [2.24, 2.45) is 0 Å². The molecule has 0 heterocycles. The van der Waals surface area contributed by atoms with Gasteiger partial charge in [0.1, 0.15) is 5.75 Å². The minimum atomic E-state index is 0.530. The lowest BCUT2D eigenvalue weighted by Gasteiger charge is -2.09. The first-order valence-corrected chi connectivity index (χ1v) is 5.83. The van der Waals surface area contributed by atoms with Crippen molar-refractivity contribution in [3.8, 4) is 5.75 Å². The number of benzene rings is 1. The Kier molecular flexibility index (Phi) is 4.23. The molecule has 1 aromatic rings. The van der Waals surface area contributed by atoms with Gasteiger partial charge in [0.25, 0.3) is 0 Å². The van der Waals surface area contributed by atoms with Crippen LogP contribution in [-0.4, -0.2) is 12.9 Å². The van der Waals surface area contributed by atoms with Crippen LogP contribution in [0.3, 0.4) is 0 Å². The molecule has 0 unspecified atom stereocenters.